The number of rotatable bonds is 7. The third-order valence-corrected chi connectivity index (χ3v) is 14.7. The fourth-order valence-corrected chi connectivity index (χ4v) is 10.6. The number of fused-ring (bicyclic) bond motifs is 6. The molecule has 12 aromatic rings. The first-order valence-corrected chi connectivity index (χ1v) is 24.8. The Balaban J connectivity index is 1.23. The summed E-state index contributed by atoms with van der Waals surface area (Å²) in [5.41, 5.74) is 11.5. The highest BCUT2D eigenvalue weighted by Crippen LogP contribution is 2.46. The van der Waals surface area contributed by atoms with Crippen LogP contribution in [0.3, 0.4) is 0 Å². The Hall–Kier alpha value is -9.13. The summed E-state index contributed by atoms with van der Waals surface area (Å²) in [5, 5.41) is 14.8. The zero-order chi connectivity index (χ0) is 52.8. The fraction of sp³-hybridized carbons (Fsp3) is 0.0896. The van der Waals surface area contributed by atoms with E-state index in [9.17, 15) is 5.26 Å². The fourth-order valence-electron chi connectivity index (χ4n) is 10.6. The molecule has 0 radical (unpaired) electrons. The van der Waals surface area contributed by atoms with Crippen LogP contribution in [0.2, 0.25) is 0 Å². The number of halogens is 6. The molecule has 0 aliphatic rings. The van der Waals surface area contributed by atoms with Crippen LogP contribution in [0.4, 0.5) is 26.3 Å². The van der Waals surface area contributed by atoms with E-state index in [1.807, 2.05) is 207 Å². The van der Waals surface area contributed by atoms with Gasteiger partial charge < -0.3 is 9.13 Å². The number of aromatic nitrogens is 2. The Morgan fingerprint density at radius 2 is 0.605 bits per heavy atom. The predicted molar refractivity (Wildman–Crippen MR) is 296 cm³/mol. The van der Waals surface area contributed by atoms with Gasteiger partial charge in [0, 0.05) is 27.1 Å². The number of nitrogens with zero attached hydrogens (tertiary/aromatic N) is 3. The molecule has 2 aromatic heterocycles. The van der Waals surface area contributed by atoms with Crippen LogP contribution in [0.15, 0.2) is 200 Å². The van der Waals surface area contributed by atoms with Crippen LogP contribution < -0.4 is 0 Å². The minimum atomic E-state index is -5.14. The van der Waals surface area contributed by atoms with Gasteiger partial charge >= 0.3 is 12.4 Å². The van der Waals surface area contributed by atoms with Gasteiger partial charge in [0.25, 0.3) is 0 Å². The molecule has 0 spiro atoms. The summed E-state index contributed by atoms with van der Waals surface area (Å²) in [6.07, 6.45) is -10.3. The molecule has 2 heterocycles. The van der Waals surface area contributed by atoms with Gasteiger partial charge in [-0.05, 0) is 132 Å². The van der Waals surface area contributed by atoms with Crippen molar-refractivity contribution in [2.45, 2.75) is 40.0 Å². The minimum Gasteiger partial charge on any atom is -0.309 e. The SMILES string of the molecule is Cc1ccc(-c2ccc3c4ccc(-c5ccc(C)cc5)cc4n(-c4cc(-c5cc(C(F)(F)F)cc(C(F)(F)F)c5)c(-n5c6cc(-c7ccc(C)cc7)ccc6c6ccc(-c7ccc(C)cc7)cc65)cc4C#N)c3c2)cc1. The van der Waals surface area contributed by atoms with Gasteiger partial charge in [0.1, 0.15) is 6.07 Å². The summed E-state index contributed by atoms with van der Waals surface area (Å²) < 4.78 is 94.1. The molecule has 3 nitrogen and oxygen atoms in total. The second kappa shape index (κ2) is 18.1. The van der Waals surface area contributed by atoms with Gasteiger partial charge in [0.2, 0.25) is 0 Å². The van der Waals surface area contributed by atoms with E-state index < -0.39 is 23.5 Å². The van der Waals surface area contributed by atoms with E-state index >= 15 is 26.3 Å². The Labute approximate surface area is 434 Å². The van der Waals surface area contributed by atoms with Crippen molar-refractivity contribution in [1.29, 1.82) is 5.26 Å². The van der Waals surface area contributed by atoms with Crippen molar-refractivity contribution in [3.8, 4) is 73.1 Å². The minimum absolute atomic E-state index is 0.0465. The molecule has 0 aliphatic carbocycles. The molecule has 0 amide bonds. The predicted octanol–water partition coefficient (Wildman–Crippen LogP) is 19.4. The molecule has 0 saturated heterocycles. The van der Waals surface area contributed by atoms with Crippen LogP contribution in [0.5, 0.6) is 0 Å². The normalized spacial score (nSPS) is 12.1. The van der Waals surface area contributed by atoms with Crippen LogP contribution in [-0.4, -0.2) is 9.13 Å². The third kappa shape index (κ3) is 8.46. The third-order valence-electron chi connectivity index (χ3n) is 14.7. The number of hydrogen-bond acceptors (Lipinski definition) is 1. The average Bonchev–Trinajstić information content (AvgIpc) is 4.10. The lowest BCUT2D eigenvalue weighted by molar-refractivity contribution is -0.143. The second-order valence-electron chi connectivity index (χ2n) is 19.9. The highest BCUT2D eigenvalue weighted by atomic mass is 19.4. The molecule has 0 fully saturated rings. The lowest BCUT2D eigenvalue weighted by Gasteiger charge is -2.21. The molecular formula is C67H45F6N3. The lowest BCUT2D eigenvalue weighted by atomic mass is 9.95. The zero-order valence-corrected chi connectivity index (χ0v) is 41.7. The van der Waals surface area contributed by atoms with Crippen LogP contribution in [-0.2, 0) is 12.4 Å². The smallest absolute Gasteiger partial charge is 0.309 e. The van der Waals surface area contributed by atoms with Gasteiger partial charge in [-0.3, -0.25) is 0 Å². The molecular weight excluding hydrogens is 961 g/mol. The van der Waals surface area contributed by atoms with E-state index in [0.717, 1.165) is 100 Å². The molecule has 12 rings (SSSR count). The molecule has 0 N–H and O–H groups in total. The number of nitriles is 1. The van der Waals surface area contributed by atoms with E-state index in [-0.39, 0.29) is 34.1 Å². The number of benzene rings is 10. The molecule has 0 aliphatic heterocycles. The van der Waals surface area contributed by atoms with Gasteiger partial charge in [-0.15, -0.1) is 0 Å². The van der Waals surface area contributed by atoms with E-state index in [4.69, 9.17) is 0 Å². The highest BCUT2D eigenvalue weighted by molar-refractivity contribution is 6.13. The summed E-state index contributed by atoms with van der Waals surface area (Å²) in [4.78, 5) is 0. The molecule has 370 valence electrons. The Kier molecular flexibility index (Phi) is 11.4. The average molecular weight is 1010 g/mol. The Bertz CT molecular complexity index is 4080. The van der Waals surface area contributed by atoms with E-state index in [2.05, 4.69) is 6.07 Å². The first-order valence-electron chi connectivity index (χ1n) is 24.8. The van der Waals surface area contributed by atoms with E-state index in [1.54, 1.807) is 12.1 Å². The number of alkyl halides is 6. The molecule has 10 aromatic carbocycles. The maximum atomic E-state index is 15.1. The van der Waals surface area contributed by atoms with Crippen LogP contribution >= 0.6 is 0 Å². The topological polar surface area (TPSA) is 33.6 Å². The van der Waals surface area contributed by atoms with E-state index in [0.29, 0.717) is 22.1 Å². The quantitative estimate of drug-likeness (QED) is 0.147. The maximum absolute atomic E-state index is 15.1. The van der Waals surface area contributed by atoms with Gasteiger partial charge in [0.05, 0.1) is 50.1 Å². The molecule has 0 saturated carbocycles. The lowest BCUT2D eigenvalue weighted by Crippen LogP contribution is -2.11. The van der Waals surface area contributed by atoms with Crippen molar-refractivity contribution in [2.75, 3.05) is 0 Å². The van der Waals surface area contributed by atoms with Crippen LogP contribution in [0, 0.1) is 39.0 Å². The summed E-state index contributed by atoms with van der Waals surface area (Å²) in [5.74, 6) is 0. The van der Waals surface area contributed by atoms with Crippen LogP contribution in [0.1, 0.15) is 38.9 Å². The summed E-state index contributed by atoms with van der Waals surface area (Å²) >= 11 is 0. The monoisotopic (exact) mass is 1010 g/mol. The Morgan fingerprint density at radius 1 is 0.316 bits per heavy atom. The maximum Gasteiger partial charge on any atom is 0.416 e. The first-order chi connectivity index (χ1) is 36.5. The molecule has 9 heteroatoms. The number of hydrogen-bond donors (Lipinski definition) is 0. The molecule has 0 bridgehead atoms. The van der Waals surface area contributed by atoms with Crippen molar-refractivity contribution in [1.82, 2.24) is 9.13 Å². The zero-order valence-electron chi connectivity index (χ0n) is 41.7. The van der Waals surface area contributed by atoms with Crippen molar-refractivity contribution >= 4 is 43.6 Å². The number of aryl methyl sites for hydroxylation is 4. The van der Waals surface area contributed by atoms with Crippen molar-refractivity contribution in [2.24, 2.45) is 0 Å². The van der Waals surface area contributed by atoms with Crippen molar-refractivity contribution in [3.05, 3.63) is 239 Å². The van der Waals surface area contributed by atoms with Crippen molar-refractivity contribution < 1.29 is 26.3 Å². The van der Waals surface area contributed by atoms with Gasteiger partial charge in [-0.1, -0.05) is 168 Å². The summed E-state index contributed by atoms with van der Waals surface area (Å²) in [6, 6.07) is 63.8. The largest absolute Gasteiger partial charge is 0.416 e. The standard InChI is InChI=1S/C67H45F6N3/c1-39-5-13-43(14-6-39)47-21-25-55-56-26-22-48(44-15-7-40(2)8-16-44)32-62(56)75(61(55)31-47)60-37-59(51-29-53(66(68,69)70)36-54(30-51)67(71,72)73)65(35-52(60)38-74)76-63-33-49(45-17-9-41(3)10-18-45)23-27-57(63)58-28-24-50(34-64(58)76)46-19-11-42(4)12-20-46/h5-37H,1-4H3. The van der Waals surface area contributed by atoms with E-state index in [1.165, 1.54) is 0 Å². The van der Waals surface area contributed by atoms with Crippen LogP contribution in [0.25, 0.3) is 111 Å². The molecule has 0 atom stereocenters. The van der Waals surface area contributed by atoms with Gasteiger partial charge in [-0.2, -0.15) is 31.6 Å². The summed E-state index contributed by atoms with van der Waals surface area (Å²) in [7, 11) is 0. The van der Waals surface area contributed by atoms with Crippen molar-refractivity contribution in [3.63, 3.8) is 0 Å². The highest BCUT2D eigenvalue weighted by Gasteiger charge is 2.38. The second-order valence-corrected chi connectivity index (χ2v) is 19.9. The molecule has 76 heavy (non-hydrogen) atoms. The van der Waals surface area contributed by atoms with Gasteiger partial charge in [0.15, 0.2) is 0 Å². The Morgan fingerprint density at radius 3 is 0.895 bits per heavy atom. The molecule has 0 unspecified atom stereocenters. The van der Waals surface area contributed by atoms with Gasteiger partial charge in [-0.25, -0.2) is 0 Å². The first kappa shape index (κ1) is 47.8. The summed E-state index contributed by atoms with van der Waals surface area (Å²) in [6.45, 7) is 8.01.